The number of nitrogens with one attached hydrogen (secondary N) is 1. The average Bonchev–Trinajstić information content (AvgIpc) is 3.27. The summed E-state index contributed by atoms with van der Waals surface area (Å²) in [5.41, 5.74) is 0.308. The van der Waals surface area contributed by atoms with Gasteiger partial charge in [0.1, 0.15) is 11.6 Å². The Balaban J connectivity index is 1.47. The molecule has 0 bridgehead atoms. The van der Waals surface area contributed by atoms with Crippen LogP contribution in [-0.2, 0) is 11.3 Å². The average molecular weight is 413 g/mol. The number of amides is 1. The fraction of sp³-hybridized carbons (Fsp3) is 0.316. The summed E-state index contributed by atoms with van der Waals surface area (Å²) in [6.07, 6.45) is 3.80. The van der Waals surface area contributed by atoms with Gasteiger partial charge in [0.05, 0.1) is 23.0 Å². The van der Waals surface area contributed by atoms with Crippen molar-refractivity contribution in [3.63, 3.8) is 0 Å². The lowest BCUT2D eigenvalue weighted by Crippen LogP contribution is -2.23. The van der Waals surface area contributed by atoms with Gasteiger partial charge in [0.15, 0.2) is 5.16 Å². The first-order valence-electron chi connectivity index (χ1n) is 9.18. The summed E-state index contributed by atoms with van der Waals surface area (Å²) in [7, 11) is 0. The third-order valence-corrected chi connectivity index (χ3v) is 5.64. The van der Waals surface area contributed by atoms with Crippen molar-refractivity contribution in [2.24, 2.45) is 0 Å². The van der Waals surface area contributed by atoms with E-state index < -0.39 is 10.2 Å². The molecular formula is C19H19N5O4S. The summed E-state index contributed by atoms with van der Waals surface area (Å²) in [5, 5.41) is 22.4. The Labute approximate surface area is 170 Å². The monoisotopic (exact) mass is 413 g/mol. The normalized spacial score (nSPS) is 14.5. The third-order valence-electron chi connectivity index (χ3n) is 4.56. The Hall–Kier alpha value is -3.14. The van der Waals surface area contributed by atoms with E-state index in [1.54, 1.807) is 19.3 Å². The zero-order valence-electron chi connectivity index (χ0n) is 15.6. The molecule has 1 saturated carbocycles. The van der Waals surface area contributed by atoms with Gasteiger partial charge in [0.2, 0.25) is 5.91 Å². The highest BCUT2D eigenvalue weighted by Crippen LogP contribution is 2.40. The maximum absolute atomic E-state index is 12.6. The van der Waals surface area contributed by atoms with Gasteiger partial charge >= 0.3 is 0 Å². The summed E-state index contributed by atoms with van der Waals surface area (Å²) < 4.78 is 7.46. The molecule has 0 aliphatic heterocycles. The molecule has 1 aliphatic rings. The smallest absolute Gasteiger partial charge is 0.271 e. The molecule has 9 nitrogen and oxygen atoms in total. The number of hydrogen-bond donors (Lipinski definition) is 1. The molecule has 1 fully saturated rings. The second-order valence-corrected chi connectivity index (χ2v) is 8.15. The minimum absolute atomic E-state index is 0.0737. The maximum atomic E-state index is 12.6. The zero-order chi connectivity index (χ0) is 20.4. The van der Waals surface area contributed by atoms with Crippen LogP contribution in [-0.4, -0.2) is 30.8 Å². The van der Waals surface area contributed by atoms with Gasteiger partial charge in [-0.05, 0) is 38.0 Å². The number of nitro groups is 1. The van der Waals surface area contributed by atoms with E-state index in [-0.39, 0.29) is 11.6 Å². The van der Waals surface area contributed by atoms with Crippen molar-refractivity contribution in [1.29, 1.82) is 0 Å². The first-order chi connectivity index (χ1) is 14.0. The number of anilines is 1. The van der Waals surface area contributed by atoms with E-state index >= 15 is 0 Å². The zero-order valence-corrected chi connectivity index (χ0v) is 16.5. The van der Waals surface area contributed by atoms with Crippen LogP contribution in [0.4, 0.5) is 11.4 Å². The second kappa shape index (κ2) is 8.08. The van der Waals surface area contributed by atoms with Crippen molar-refractivity contribution < 1.29 is 14.1 Å². The highest BCUT2D eigenvalue weighted by atomic mass is 32.2. The number of rotatable bonds is 8. The van der Waals surface area contributed by atoms with Crippen molar-refractivity contribution >= 4 is 29.0 Å². The molecule has 3 aromatic rings. The van der Waals surface area contributed by atoms with E-state index in [1.165, 1.54) is 30.0 Å². The van der Waals surface area contributed by atoms with Crippen LogP contribution in [0.5, 0.6) is 0 Å². The highest BCUT2D eigenvalue weighted by molar-refractivity contribution is 8.00. The van der Waals surface area contributed by atoms with E-state index in [4.69, 9.17) is 4.42 Å². The number of hydrogen-bond acceptors (Lipinski definition) is 7. The fourth-order valence-corrected chi connectivity index (χ4v) is 3.75. The summed E-state index contributed by atoms with van der Waals surface area (Å²) in [6, 6.07) is 9.59. The fourth-order valence-electron chi connectivity index (χ4n) is 2.89. The molecule has 29 heavy (non-hydrogen) atoms. The molecule has 2 heterocycles. The lowest BCUT2D eigenvalue weighted by atomic mass is 10.2. The predicted molar refractivity (Wildman–Crippen MR) is 107 cm³/mol. The van der Waals surface area contributed by atoms with Gasteiger partial charge in [-0.25, -0.2) is 0 Å². The summed E-state index contributed by atoms with van der Waals surface area (Å²) >= 11 is 1.30. The van der Waals surface area contributed by atoms with E-state index in [0.717, 1.165) is 24.4 Å². The molecule has 1 aliphatic carbocycles. The molecule has 10 heteroatoms. The molecule has 150 valence electrons. The van der Waals surface area contributed by atoms with Crippen LogP contribution in [0.1, 0.15) is 37.3 Å². The number of nitrogens with zero attached hydrogens (tertiary/aromatic N) is 4. The first kappa shape index (κ1) is 19.2. The van der Waals surface area contributed by atoms with Gasteiger partial charge in [0, 0.05) is 23.7 Å². The van der Waals surface area contributed by atoms with Gasteiger partial charge in [-0.3, -0.25) is 19.5 Å². The standard InChI is InChI=1S/C19H19N5O4S/c1-12(18(25)20-14-4-2-5-15(10-14)24(26)27)29-19-22-21-17(13-7-8-13)23(19)11-16-6-3-9-28-16/h2-6,9-10,12-13H,7-8,11H2,1H3,(H,20,25). The molecule has 1 atom stereocenters. The van der Waals surface area contributed by atoms with E-state index in [9.17, 15) is 14.9 Å². The van der Waals surface area contributed by atoms with Crippen LogP contribution >= 0.6 is 11.8 Å². The van der Waals surface area contributed by atoms with Crippen LogP contribution in [0.25, 0.3) is 0 Å². The molecule has 1 N–H and O–H groups in total. The number of furan rings is 1. The van der Waals surface area contributed by atoms with Crippen molar-refractivity contribution in [3.05, 3.63) is 64.4 Å². The number of nitro benzene ring substituents is 1. The largest absolute Gasteiger partial charge is 0.467 e. The van der Waals surface area contributed by atoms with Crippen LogP contribution in [0, 0.1) is 10.1 Å². The number of thioether (sulfide) groups is 1. The first-order valence-corrected chi connectivity index (χ1v) is 10.1. The van der Waals surface area contributed by atoms with Crippen molar-refractivity contribution in [2.45, 2.75) is 42.6 Å². The molecule has 0 spiro atoms. The number of non-ortho nitro benzene ring substituents is 1. The summed E-state index contributed by atoms with van der Waals surface area (Å²) in [5.74, 6) is 1.84. The van der Waals surface area contributed by atoms with Gasteiger partial charge in [-0.1, -0.05) is 17.8 Å². The Morgan fingerprint density at radius 2 is 2.21 bits per heavy atom. The van der Waals surface area contributed by atoms with Gasteiger partial charge in [-0.2, -0.15) is 0 Å². The van der Waals surface area contributed by atoms with Gasteiger partial charge in [-0.15, -0.1) is 10.2 Å². The number of carbonyl (C=O) groups excluding carboxylic acids is 1. The molecule has 4 rings (SSSR count). The van der Waals surface area contributed by atoms with Crippen molar-refractivity contribution in [3.8, 4) is 0 Å². The molecule has 0 radical (unpaired) electrons. The molecule has 1 unspecified atom stereocenters. The maximum Gasteiger partial charge on any atom is 0.271 e. The summed E-state index contributed by atoms with van der Waals surface area (Å²) in [6.45, 7) is 2.27. The quantitative estimate of drug-likeness (QED) is 0.339. The molecule has 1 aromatic carbocycles. The lowest BCUT2D eigenvalue weighted by molar-refractivity contribution is -0.384. The lowest BCUT2D eigenvalue weighted by Gasteiger charge is -2.13. The molecule has 2 aromatic heterocycles. The minimum Gasteiger partial charge on any atom is -0.467 e. The van der Waals surface area contributed by atoms with Gasteiger partial charge in [0.25, 0.3) is 5.69 Å². The minimum atomic E-state index is -0.496. The number of aromatic nitrogens is 3. The predicted octanol–water partition coefficient (Wildman–Crippen LogP) is 3.82. The molecular weight excluding hydrogens is 394 g/mol. The molecule has 1 amide bonds. The highest BCUT2D eigenvalue weighted by Gasteiger charge is 2.31. The topological polar surface area (TPSA) is 116 Å². The Morgan fingerprint density at radius 3 is 2.90 bits per heavy atom. The van der Waals surface area contributed by atoms with Crippen LogP contribution in [0.2, 0.25) is 0 Å². The van der Waals surface area contributed by atoms with Crippen LogP contribution in [0.15, 0.2) is 52.2 Å². The van der Waals surface area contributed by atoms with Crippen LogP contribution < -0.4 is 5.32 Å². The van der Waals surface area contributed by atoms with Crippen molar-refractivity contribution in [1.82, 2.24) is 14.8 Å². The van der Waals surface area contributed by atoms with Crippen LogP contribution in [0.3, 0.4) is 0 Å². The van der Waals surface area contributed by atoms with E-state index in [2.05, 4.69) is 15.5 Å². The van der Waals surface area contributed by atoms with Crippen molar-refractivity contribution in [2.75, 3.05) is 5.32 Å². The second-order valence-electron chi connectivity index (χ2n) is 6.84. The third kappa shape index (κ3) is 4.48. The Bertz CT molecular complexity index is 1030. The Morgan fingerprint density at radius 1 is 1.38 bits per heavy atom. The SMILES string of the molecule is CC(Sc1nnc(C2CC2)n1Cc1ccco1)C(=O)Nc1cccc([N+](=O)[O-])c1. The number of benzene rings is 1. The summed E-state index contributed by atoms with van der Waals surface area (Å²) in [4.78, 5) is 23.0. The number of carbonyl (C=O) groups is 1. The van der Waals surface area contributed by atoms with E-state index in [0.29, 0.717) is 23.3 Å². The Kier molecular flexibility index (Phi) is 5.34. The van der Waals surface area contributed by atoms with E-state index in [1.807, 2.05) is 16.7 Å². The van der Waals surface area contributed by atoms with Gasteiger partial charge < -0.3 is 9.73 Å². The molecule has 0 saturated heterocycles.